The molecule has 316 valence electrons. The van der Waals surface area contributed by atoms with Crippen molar-refractivity contribution < 1.29 is 63.0 Å². The van der Waals surface area contributed by atoms with Crippen molar-refractivity contribution >= 4 is 41.4 Å². The Hall–Kier alpha value is -6.90. The minimum Gasteiger partial charge on any atom is -0.508 e. The molecule has 4 aromatic carbocycles. The molecule has 0 radical (unpaired) electrons. The number of nitrogens with one attached hydrogen (secondary N) is 1. The molecule has 1 amide bonds. The molecule has 1 aliphatic heterocycles. The number of likely N-dealkylation sites (tertiary alicyclic amines) is 1. The number of amides is 1. The molecule has 1 aliphatic rings. The molecule has 0 saturated carbocycles. The van der Waals surface area contributed by atoms with Crippen LogP contribution < -0.4 is 14.8 Å². The summed E-state index contributed by atoms with van der Waals surface area (Å²) in [6, 6.07) is 20.1. The highest BCUT2D eigenvalue weighted by atomic mass is 16.6. The van der Waals surface area contributed by atoms with Crippen LogP contribution in [0.15, 0.2) is 84.9 Å². The molecule has 1 heterocycles. The van der Waals surface area contributed by atoms with E-state index in [1.807, 2.05) is 32.0 Å². The van der Waals surface area contributed by atoms with Gasteiger partial charge in [-0.25, -0.2) is 14.4 Å². The molecule has 15 nitrogen and oxygen atoms in total. The molecular formula is C45H48N2O13. The number of esters is 3. The number of nitrogens with zero attached hydrogens (tertiary/aromatic N) is 1. The third-order valence-corrected chi connectivity index (χ3v) is 9.65. The maximum Gasteiger partial charge on any atom is 0.410 e. The number of aromatic carboxylic acids is 1. The average Bonchev–Trinajstić information content (AvgIpc) is 3.62. The number of phenols is 2. The second-order valence-electron chi connectivity index (χ2n) is 14.2. The first kappa shape index (κ1) is 44.2. The number of aromatic hydroxyl groups is 2. The van der Waals surface area contributed by atoms with Gasteiger partial charge in [0.2, 0.25) is 5.78 Å². The van der Waals surface area contributed by atoms with Crippen LogP contribution in [0.5, 0.6) is 23.0 Å². The van der Waals surface area contributed by atoms with Gasteiger partial charge in [0.1, 0.15) is 41.3 Å². The van der Waals surface area contributed by atoms with Crippen LogP contribution in [0.4, 0.5) is 10.5 Å². The lowest BCUT2D eigenvalue weighted by molar-refractivity contribution is -0.135. The Kier molecular flexibility index (Phi) is 15.6. The molecule has 4 aromatic rings. The zero-order valence-corrected chi connectivity index (χ0v) is 33.4. The van der Waals surface area contributed by atoms with Crippen LogP contribution in [0.3, 0.4) is 0 Å². The summed E-state index contributed by atoms with van der Waals surface area (Å²) in [6.07, 6.45) is 2.23. The van der Waals surface area contributed by atoms with Gasteiger partial charge in [0.05, 0.1) is 29.3 Å². The first-order valence-corrected chi connectivity index (χ1v) is 19.8. The van der Waals surface area contributed by atoms with Crippen molar-refractivity contribution in [3.8, 4) is 23.0 Å². The summed E-state index contributed by atoms with van der Waals surface area (Å²) in [5.74, 6) is -7.01. The van der Waals surface area contributed by atoms with Gasteiger partial charge in [-0.2, -0.15) is 0 Å². The molecule has 5 rings (SSSR count). The third kappa shape index (κ3) is 11.8. The number of phenolic OH excluding ortho intramolecular Hbond substituents is 2. The number of carbonyl (C=O) groups is 6. The zero-order chi connectivity index (χ0) is 43.2. The van der Waals surface area contributed by atoms with Crippen molar-refractivity contribution in [2.45, 2.75) is 84.0 Å². The van der Waals surface area contributed by atoms with Crippen molar-refractivity contribution in [1.29, 1.82) is 0 Å². The van der Waals surface area contributed by atoms with E-state index >= 15 is 0 Å². The Morgan fingerprint density at radius 3 is 2.02 bits per heavy atom. The van der Waals surface area contributed by atoms with Gasteiger partial charge in [-0.05, 0) is 66.9 Å². The highest BCUT2D eigenvalue weighted by Gasteiger charge is 2.39. The molecule has 1 saturated heterocycles. The van der Waals surface area contributed by atoms with E-state index in [2.05, 4.69) is 5.32 Å². The minimum atomic E-state index is -1.54. The second-order valence-corrected chi connectivity index (χ2v) is 14.2. The number of hydrogen-bond donors (Lipinski definition) is 4. The maximum absolute atomic E-state index is 14.4. The number of unbranched alkanes of at least 4 members (excludes halogenated alkanes) is 4. The number of carbonyl (C=O) groups excluding carboxylic acids is 5. The molecule has 0 aromatic heterocycles. The Labute approximate surface area is 346 Å². The Bertz CT molecular complexity index is 2170. The molecular weight excluding hydrogens is 776 g/mol. The van der Waals surface area contributed by atoms with Crippen LogP contribution in [0, 0.1) is 0 Å². The van der Waals surface area contributed by atoms with E-state index in [0.717, 1.165) is 43.0 Å². The van der Waals surface area contributed by atoms with Gasteiger partial charge in [0.15, 0.2) is 0 Å². The summed E-state index contributed by atoms with van der Waals surface area (Å²) in [5, 5.41) is 34.5. The fraction of sp³-hybridized carbons (Fsp3) is 0.333. The second kappa shape index (κ2) is 21.2. The van der Waals surface area contributed by atoms with E-state index in [1.165, 1.54) is 29.2 Å². The summed E-state index contributed by atoms with van der Waals surface area (Å²) in [4.78, 5) is 81.1. The first-order valence-electron chi connectivity index (χ1n) is 19.8. The van der Waals surface area contributed by atoms with E-state index in [-0.39, 0.29) is 49.6 Å². The lowest BCUT2D eigenvalue weighted by atomic mass is 9.95. The fourth-order valence-electron chi connectivity index (χ4n) is 6.54. The van der Waals surface area contributed by atoms with Crippen LogP contribution in [0.25, 0.3) is 0 Å². The summed E-state index contributed by atoms with van der Waals surface area (Å²) in [6.45, 7) is 3.82. The van der Waals surface area contributed by atoms with Gasteiger partial charge >= 0.3 is 30.0 Å². The number of hydrogen-bond acceptors (Lipinski definition) is 13. The number of ketones is 1. The van der Waals surface area contributed by atoms with Crippen LogP contribution >= 0.6 is 0 Å². The van der Waals surface area contributed by atoms with E-state index in [1.54, 1.807) is 24.3 Å². The van der Waals surface area contributed by atoms with Crippen LogP contribution in [0.2, 0.25) is 0 Å². The quantitative estimate of drug-likeness (QED) is 0.0235. The van der Waals surface area contributed by atoms with E-state index in [4.69, 9.17) is 18.9 Å². The molecule has 15 heteroatoms. The fourth-order valence-corrected chi connectivity index (χ4v) is 6.54. The van der Waals surface area contributed by atoms with Crippen molar-refractivity contribution in [1.82, 2.24) is 4.90 Å². The molecule has 0 bridgehead atoms. The normalized spacial score (nSPS) is 14.5. The van der Waals surface area contributed by atoms with E-state index in [9.17, 15) is 44.1 Å². The maximum atomic E-state index is 14.4. The number of anilines is 1. The van der Waals surface area contributed by atoms with Gasteiger partial charge in [-0.3, -0.25) is 14.4 Å². The Morgan fingerprint density at radius 1 is 0.733 bits per heavy atom. The standard InChI is InChI=1S/C45H48N2O13/c1-3-5-8-17-38(50)58-35-16-12-15-32(43(53)54)40(35)42(52)41-34(49)23-29(24-36(41)59-39(51)18-9-6-4-2)44(55)60-37-26-47(45(56)57-27-28-13-10-7-11-14-28)25-33(37)46-30-19-21-31(48)22-20-30/h7,10-16,19-24,33,37,46,48-49H,3-6,8-9,17-18,25-27H2,1-2H3,(H,53,54)/t33-,37-/m0/s1. The van der Waals surface area contributed by atoms with Crippen LogP contribution in [-0.2, 0) is 25.7 Å². The highest BCUT2D eigenvalue weighted by molar-refractivity contribution is 6.19. The SMILES string of the molecule is CCCCCC(=O)Oc1cc(C(=O)O[C@H]2CN(C(=O)OCc3ccccc3)C[C@@H]2Nc2ccc(O)cc2)cc(O)c1C(=O)c1c(OC(=O)CCCCC)cccc1C(=O)O. The first-order chi connectivity index (χ1) is 28.9. The van der Waals surface area contributed by atoms with Crippen LogP contribution in [-0.4, -0.2) is 81.2 Å². The molecule has 0 aliphatic carbocycles. The molecule has 1 fully saturated rings. The topological polar surface area (TPSA) is 215 Å². The molecule has 2 atom stereocenters. The van der Waals surface area contributed by atoms with Gasteiger partial charge in [-0.15, -0.1) is 0 Å². The molecule has 0 unspecified atom stereocenters. The van der Waals surface area contributed by atoms with Crippen molar-refractivity contribution in [3.63, 3.8) is 0 Å². The van der Waals surface area contributed by atoms with Gasteiger partial charge < -0.3 is 44.5 Å². The third-order valence-electron chi connectivity index (χ3n) is 9.65. The highest BCUT2D eigenvalue weighted by Crippen LogP contribution is 2.37. The van der Waals surface area contributed by atoms with Gasteiger partial charge in [0, 0.05) is 25.1 Å². The van der Waals surface area contributed by atoms with E-state index < -0.39 is 76.1 Å². The van der Waals surface area contributed by atoms with Crippen molar-refractivity contribution in [3.05, 3.63) is 113 Å². The number of carboxylic acids is 1. The summed E-state index contributed by atoms with van der Waals surface area (Å²) in [5.41, 5.74) is -0.834. The monoisotopic (exact) mass is 824 g/mol. The number of rotatable bonds is 19. The van der Waals surface area contributed by atoms with Crippen molar-refractivity contribution in [2.24, 2.45) is 0 Å². The van der Waals surface area contributed by atoms with Gasteiger partial charge in [0.25, 0.3) is 0 Å². The lowest BCUT2D eigenvalue weighted by Crippen LogP contribution is -2.36. The summed E-state index contributed by atoms with van der Waals surface area (Å²) >= 11 is 0. The van der Waals surface area contributed by atoms with Crippen molar-refractivity contribution in [2.75, 3.05) is 18.4 Å². The largest absolute Gasteiger partial charge is 0.508 e. The number of benzene rings is 4. The number of ether oxygens (including phenoxy) is 4. The Morgan fingerprint density at radius 2 is 1.38 bits per heavy atom. The average molecular weight is 825 g/mol. The zero-order valence-electron chi connectivity index (χ0n) is 33.4. The minimum absolute atomic E-state index is 0.000391. The Balaban J connectivity index is 1.47. The molecule has 4 N–H and O–H groups in total. The molecule has 60 heavy (non-hydrogen) atoms. The summed E-state index contributed by atoms with van der Waals surface area (Å²) in [7, 11) is 0. The smallest absolute Gasteiger partial charge is 0.410 e. The van der Waals surface area contributed by atoms with Gasteiger partial charge in [-0.1, -0.05) is 75.9 Å². The number of carboxylic acid groups (broad SMARTS) is 1. The summed E-state index contributed by atoms with van der Waals surface area (Å²) < 4.78 is 22.5. The van der Waals surface area contributed by atoms with E-state index in [0.29, 0.717) is 24.9 Å². The lowest BCUT2D eigenvalue weighted by Gasteiger charge is -2.21. The predicted molar refractivity (Wildman–Crippen MR) is 217 cm³/mol. The predicted octanol–water partition coefficient (Wildman–Crippen LogP) is 7.66. The van der Waals surface area contributed by atoms with Crippen LogP contribution in [0.1, 0.15) is 107 Å². The molecule has 0 spiro atoms.